The summed E-state index contributed by atoms with van der Waals surface area (Å²) in [6.07, 6.45) is -3.68. The van der Waals surface area contributed by atoms with E-state index < -0.39 is 11.7 Å². The Hall–Kier alpha value is -1.40. The number of hydrogen-bond acceptors (Lipinski definition) is 3. The van der Waals surface area contributed by atoms with E-state index >= 15 is 0 Å². The van der Waals surface area contributed by atoms with Gasteiger partial charge in [0.05, 0.1) is 31.1 Å². The van der Waals surface area contributed by atoms with Gasteiger partial charge in [0.2, 0.25) is 0 Å². The lowest BCUT2D eigenvalue weighted by Gasteiger charge is -2.15. The number of alkyl halides is 3. The summed E-state index contributed by atoms with van der Waals surface area (Å²) in [6, 6.07) is 2.16. The molecule has 6 heteroatoms. The Morgan fingerprint density at radius 1 is 1.33 bits per heavy atom. The standard InChI is InChI=1S/C15H20F3NO2/c1-4-11(3)19-14-10(2)7-13(15(16,17)18)8-12(14)9-21-6-5-20/h7-8,20H,4-6,9H2,1-3H3. The largest absolute Gasteiger partial charge is 0.416 e. The third-order valence-electron chi connectivity index (χ3n) is 3.01. The third-order valence-corrected chi connectivity index (χ3v) is 3.01. The molecule has 118 valence electrons. The van der Waals surface area contributed by atoms with Crippen LogP contribution >= 0.6 is 0 Å². The van der Waals surface area contributed by atoms with Gasteiger partial charge in [0.1, 0.15) is 0 Å². The second-order valence-electron chi connectivity index (χ2n) is 4.78. The molecule has 0 aromatic heterocycles. The van der Waals surface area contributed by atoms with Crippen molar-refractivity contribution in [3.63, 3.8) is 0 Å². The van der Waals surface area contributed by atoms with Gasteiger partial charge < -0.3 is 9.84 Å². The minimum Gasteiger partial charge on any atom is -0.394 e. The Bertz CT molecular complexity index is 510. The molecule has 0 saturated carbocycles. The quantitative estimate of drug-likeness (QED) is 0.637. The van der Waals surface area contributed by atoms with Gasteiger partial charge in [0.15, 0.2) is 0 Å². The summed E-state index contributed by atoms with van der Waals surface area (Å²) < 4.78 is 43.8. The molecule has 0 spiro atoms. The lowest BCUT2D eigenvalue weighted by molar-refractivity contribution is -0.137. The van der Waals surface area contributed by atoms with E-state index in [0.29, 0.717) is 16.8 Å². The van der Waals surface area contributed by atoms with Crippen LogP contribution in [0.25, 0.3) is 0 Å². The van der Waals surface area contributed by atoms with Crippen LogP contribution < -0.4 is 0 Å². The molecule has 0 unspecified atom stereocenters. The topological polar surface area (TPSA) is 41.8 Å². The zero-order valence-corrected chi connectivity index (χ0v) is 12.4. The second-order valence-corrected chi connectivity index (χ2v) is 4.78. The highest BCUT2D eigenvalue weighted by Gasteiger charge is 2.31. The molecular formula is C15H20F3NO2. The fourth-order valence-corrected chi connectivity index (χ4v) is 1.80. The van der Waals surface area contributed by atoms with Crippen LogP contribution in [0.15, 0.2) is 17.1 Å². The summed E-state index contributed by atoms with van der Waals surface area (Å²) in [5.41, 5.74) is 1.47. The Morgan fingerprint density at radius 2 is 2.00 bits per heavy atom. The Morgan fingerprint density at radius 3 is 2.52 bits per heavy atom. The predicted octanol–water partition coefficient (Wildman–Crippen LogP) is 4.03. The van der Waals surface area contributed by atoms with Gasteiger partial charge >= 0.3 is 6.18 Å². The molecule has 1 N–H and O–H groups in total. The summed E-state index contributed by atoms with van der Waals surface area (Å²) in [5.74, 6) is 0. The van der Waals surface area contributed by atoms with Crippen molar-refractivity contribution in [1.29, 1.82) is 0 Å². The fraction of sp³-hybridized carbons (Fsp3) is 0.533. The van der Waals surface area contributed by atoms with Crippen molar-refractivity contribution in [2.24, 2.45) is 4.99 Å². The number of aryl methyl sites for hydroxylation is 1. The highest BCUT2D eigenvalue weighted by Crippen LogP contribution is 2.35. The van der Waals surface area contributed by atoms with Gasteiger partial charge in [-0.05, 0) is 38.0 Å². The molecule has 1 aromatic rings. The van der Waals surface area contributed by atoms with Crippen molar-refractivity contribution in [2.45, 2.75) is 40.0 Å². The maximum absolute atomic E-state index is 12.9. The number of aliphatic hydroxyl groups is 1. The highest BCUT2D eigenvalue weighted by molar-refractivity contribution is 5.85. The van der Waals surface area contributed by atoms with Crippen molar-refractivity contribution in [3.8, 4) is 0 Å². The van der Waals surface area contributed by atoms with E-state index in [1.54, 1.807) is 6.92 Å². The van der Waals surface area contributed by atoms with Crippen LogP contribution in [0, 0.1) is 6.92 Å². The van der Waals surface area contributed by atoms with E-state index in [1.807, 2.05) is 13.8 Å². The first-order valence-corrected chi connectivity index (χ1v) is 6.73. The monoisotopic (exact) mass is 303 g/mol. The molecular weight excluding hydrogens is 283 g/mol. The molecule has 0 heterocycles. The zero-order valence-electron chi connectivity index (χ0n) is 12.4. The maximum Gasteiger partial charge on any atom is 0.416 e. The number of ether oxygens (including phenoxy) is 1. The highest BCUT2D eigenvalue weighted by atomic mass is 19.4. The number of rotatable bonds is 6. The molecule has 0 aliphatic heterocycles. The molecule has 0 saturated heterocycles. The van der Waals surface area contributed by atoms with E-state index in [-0.39, 0.29) is 19.8 Å². The van der Waals surface area contributed by atoms with E-state index in [4.69, 9.17) is 9.84 Å². The van der Waals surface area contributed by atoms with E-state index in [2.05, 4.69) is 4.99 Å². The van der Waals surface area contributed by atoms with Gasteiger partial charge in [-0.25, -0.2) is 0 Å². The average Bonchev–Trinajstić information content (AvgIpc) is 2.40. The van der Waals surface area contributed by atoms with Crippen molar-refractivity contribution < 1.29 is 23.0 Å². The van der Waals surface area contributed by atoms with Crippen LogP contribution in [-0.4, -0.2) is 24.0 Å². The minimum atomic E-state index is -4.40. The molecule has 21 heavy (non-hydrogen) atoms. The number of aliphatic hydroxyl groups excluding tert-OH is 1. The SMILES string of the molecule is CCC(C)=Nc1c(C)cc(C(F)(F)F)cc1COCCO. The molecule has 0 atom stereocenters. The van der Waals surface area contributed by atoms with Crippen LogP contribution in [0.3, 0.4) is 0 Å². The minimum absolute atomic E-state index is 0.0128. The Balaban J connectivity index is 3.27. The number of halogens is 3. The summed E-state index contributed by atoms with van der Waals surface area (Å²) in [4.78, 5) is 4.39. The number of benzene rings is 1. The number of nitrogens with zero attached hydrogens (tertiary/aromatic N) is 1. The van der Waals surface area contributed by atoms with Gasteiger partial charge in [-0.15, -0.1) is 0 Å². The molecule has 0 aliphatic rings. The zero-order chi connectivity index (χ0) is 16.0. The van der Waals surface area contributed by atoms with Gasteiger partial charge in [-0.3, -0.25) is 4.99 Å². The smallest absolute Gasteiger partial charge is 0.394 e. The second kappa shape index (κ2) is 7.56. The fourth-order valence-electron chi connectivity index (χ4n) is 1.80. The van der Waals surface area contributed by atoms with Crippen molar-refractivity contribution in [3.05, 3.63) is 28.8 Å². The lowest BCUT2D eigenvalue weighted by atomic mass is 10.0. The molecule has 0 aliphatic carbocycles. The molecule has 0 radical (unpaired) electrons. The first-order chi connectivity index (χ1) is 9.79. The van der Waals surface area contributed by atoms with Crippen LogP contribution in [0.4, 0.5) is 18.9 Å². The molecule has 0 bridgehead atoms. The maximum atomic E-state index is 12.9. The van der Waals surface area contributed by atoms with Crippen LogP contribution in [0.1, 0.15) is 37.0 Å². The van der Waals surface area contributed by atoms with Crippen molar-refractivity contribution >= 4 is 11.4 Å². The molecule has 3 nitrogen and oxygen atoms in total. The van der Waals surface area contributed by atoms with Gasteiger partial charge in [0, 0.05) is 11.3 Å². The summed E-state index contributed by atoms with van der Waals surface area (Å²) >= 11 is 0. The van der Waals surface area contributed by atoms with Gasteiger partial charge in [-0.1, -0.05) is 6.92 Å². The molecule has 0 amide bonds. The summed E-state index contributed by atoms with van der Waals surface area (Å²) in [5, 5.41) is 8.70. The van der Waals surface area contributed by atoms with E-state index in [9.17, 15) is 13.2 Å². The Kier molecular flexibility index (Phi) is 6.36. The molecule has 1 rings (SSSR count). The molecule has 1 aromatic carbocycles. The summed E-state index contributed by atoms with van der Waals surface area (Å²) in [7, 11) is 0. The van der Waals surface area contributed by atoms with Crippen LogP contribution in [0.5, 0.6) is 0 Å². The van der Waals surface area contributed by atoms with Gasteiger partial charge in [0.25, 0.3) is 0 Å². The first kappa shape index (κ1) is 17.7. The van der Waals surface area contributed by atoms with Crippen molar-refractivity contribution in [1.82, 2.24) is 0 Å². The normalized spacial score (nSPS) is 12.8. The lowest BCUT2D eigenvalue weighted by Crippen LogP contribution is -2.08. The van der Waals surface area contributed by atoms with E-state index in [0.717, 1.165) is 24.3 Å². The van der Waals surface area contributed by atoms with Crippen LogP contribution in [-0.2, 0) is 17.5 Å². The van der Waals surface area contributed by atoms with Crippen molar-refractivity contribution in [2.75, 3.05) is 13.2 Å². The molecule has 0 fully saturated rings. The van der Waals surface area contributed by atoms with Gasteiger partial charge in [-0.2, -0.15) is 13.2 Å². The number of aliphatic imine (C=N–C) groups is 1. The summed E-state index contributed by atoms with van der Waals surface area (Å²) in [6.45, 7) is 5.25. The Labute approximate surface area is 122 Å². The third kappa shape index (κ3) is 5.13. The van der Waals surface area contributed by atoms with E-state index in [1.165, 1.54) is 0 Å². The predicted molar refractivity (Wildman–Crippen MR) is 76.0 cm³/mol. The number of hydrogen-bond donors (Lipinski definition) is 1. The average molecular weight is 303 g/mol. The first-order valence-electron chi connectivity index (χ1n) is 6.73. The van der Waals surface area contributed by atoms with Crippen LogP contribution in [0.2, 0.25) is 0 Å².